The summed E-state index contributed by atoms with van der Waals surface area (Å²) >= 11 is 0. The van der Waals surface area contributed by atoms with Gasteiger partial charge in [0, 0.05) is 18.8 Å². The van der Waals surface area contributed by atoms with Gasteiger partial charge in [-0.05, 0) is 36.3 Å². The number of nitrogens with zero attached hydrogens (tertiary/aromatic N) is 1. The molecule has 0 aromatic heterocycles. The van der Waals surface area contributed by atoms with Crippen molar-refractivity contribution in [1.82, 2.24) is 4.90 Å². The van der Waals surface area contributed by atoms with Gasteiger partial charge in [0.1, 0.15) is 0 Å². The fourth-order valence-electron chi connectivity index (χ4n) is 2.79. The summed E-state index contributed by atoms with van der Waals surface area (Å²) < 4.78 is 0. The zero-order valence-electron chi connectivity index (χ0n) is 11.9. The molecule has 3 heteroatoms. The Hall–Kier alpha value is -1.51. The molecule has 1 amide bonds. The normalized spacial score (nSPS) is 16.9. The van der Waals surface area contributed by atoms with Crippen LogP contribution in [0.3, 0.4) is 0 Å². The standard InChI is InChI=1S/C16H24N2O/c1-12(2)13-7-9-18(10-8-13)16(19)11-14-5-3-4-6-15(14)17/h3-6,12-13H,7-11,17H2,1-2H3. The molecule has 2 rings (SSSR count). The van der Waals surface area contributed by atoms with Crippen LogP contribution in [0.2, 0.25) is 0 Å². The highest BCUT2D eigenvalue weighted by atomic mass is 16.2. The average Bonchev–Trinajstić information content (AvgIpc) is 2.41. The van der Waals surface area contributed by atoms with E-state index in [0.717, 1.165) is 43.3 Å². The Morgan fingerprint density at radius 3 is 2.53 bits per heavy atom. The van der Waals surface area contributed by atoms with Crippen LogP contribution < -0.4 is 5.73 Å². The Morgan fingerprint density at radius 2 is 1.95 bits per heavy atom. The third-order valence-corrected chi connectivity index (χ3v) is 4.23. The van der Waals surface area contributed by atoms with E-state index in [9.17, 15) is 4.79 Å². The lowest BCUT2D eigenvalue weighted by atomic mass is 9.86. The molecule has 2 N–H and O–H groups in total. The van der Waals surface area contributed by atoms with Crippen LogP contribution in [0, 0.1) is 11.8 Å². The Morgan fingerprint density at radius 1 is 1.32 bits per heavy atom. The topological polar surface area (TPSA) is 46.3 Å². The zero-order chi connectivity index (χ0) is 13.8. The molecule has 104 valence electrons. The largest absolute Gasteiger partial charge is 0.398 e. The lowest BCUT2D eigenvalue weighted by Gasteiger charge is -2.34. The van der Waals surface area contributed by atoms with E-state index in [4.69, 9.17) is 5.73 Å². The minimum atomic E-state index is 0.208. The van der Waals surface area contributed by atoms with Gasteiger partial charge in [-0.15, -0.1) is 0 Å². The molecule has 0 radical (unpaired) electrons. The molecule has 1 aromatic carbocycles. The number of anilines is 1. The highest BCUT2D eigenvalue weighted by Crippen LogP contribution is 2.25. The zero-order valence-corrected chi connectivity index (χ0v) is 11.9. The smallest absolute Gasteiger partial charge is 0.227 e. The molecule has 19 heavy (non-hydrogen) atoms. The number of likely N-dealkylation sites (tertiary alicyclic amines) is 1. The van der Waals surface area contributed by atoms with Crippen LogP contribution in [0.25, 0.3) is 0 Å². The van der Waals surface area contributed by atoms with E-state index in [0.29, 0.717) is 12.1 Å². The van der Waals surface area contributed by atoms with E-state index in [-0.39, 0.29) is 5.91 Å². The predicted octanol–water partition coefficient (Wildman–Crippen LogP) is 2.71. The molecule has 3 nitrogen and oxygen atoms in total. The van der Waals surface area contributed by atoms with Gasteiger partial charge in [-0.1, -0.05) is 32.0 Å². The third kappa shape index (κ3) is 3.49. The highest BCUT2D eigenvalue weighted by molar-refractivity contribution is 5.80. The molecule has 1 aliphatic rings. The first kappa shape index (κ1) is 13.9. The van der Waals surface area contributed by atoms with Crippen LogP contribution in [0.15, 0.2) is 24.3 Å². The van der Waals surface area contributed by atoms with Gasteiger partial charge < -0.3 is 10.6 Å². The molecule has 0 bridgehead atoms. The number of nitrogens with two attached hydrogens (primary N) is 1. The third-order valence-electron chi connectivity index (χ3n) is 4.23. The number of piperidine rings is 1. The summed E-state index contributed by atoms with van der Waals surface area (Å²) in [4.78, 5) is 14.3. The summed E-state index contributed by atoms with van der Waals surface area (Å²) in [6.07, 6.45) is 2.69. The van der Waals surface area contributed by atoms with Gasteiger partial charge in [-0.25, -0.2) is 0 Å². The summed E-state index contributed by atoms with van der Waals surface area (Å²) in [5.74, 6) is 1.70. The second-order valence-corrected chi connectivity index (χ2v) is 5.84. The van der Waals surface area contributed by atoms with Gasteiger partial charge in [0.15, 0.2) is 0 Å². The minimum Gasteiger partial charge on any atom is -0.398 e. The summed E-state index contributed by atoms with van der Waals surface area (Å²) in [6.45, 7) is 6.34. The first-order valence-electron chi connectivity index (χ1n) is 7.19. The van der Waals surface area contributed by atoms with Gasteiger partial charge in [-0.3, -0.25) is 4.79 Å². The van der Waals surface area contributed by atoms with Crippen LogP contribution in [-0.2, 0) is 11.2 Å². The Bertz CT molecular complexity index is 434. The number of para-hydroxylation sites is 1. The van der Waals surface area contributed by atoms with E-state index in [1.165, 1.54) is 0 Å². The number of nitrogen functional groups attached to an aromatic ring is 1. The SMILES string of the molecule is CC(C)C1CCN(C(=O)Cc2ccccc2N)CC1. The van der Waals surface area contributed by atoms with Crippen molar-refractivity contribution in [3.63, 3.8) is 0 Å². The van der Waals surface area contributed by atoms with E-state index < -0.39 is 0 Å². The summed E-state index contributed by atoms with van der Waals surface area (Å²) in [5.41, 5.74) is 7.55. The molecular formula is C16H24N2O. The van der Waals surface area contributed by atoms with Crippen molar-refractivity contribution in [2.75, 3.05) is 18.8 Å². The van der Waals surface area contributed by atoms with E-state index in [1.54, 1.807) is 0 Å². The molecular weight excluding hydrogens is 236 g/mol. The number of rotatable bonds is 3. The van der Waals surface area contributed by atoms with Crippen molar-refractivity contribution in [3.05, 3.63) is 29.8 Å². The number of amides is 1. The Kier molecular flexibility index (Phi) is 4.46. The van der Waals surface area contributed by atoms with Crippen LogP contribution in [0.4, 0.5) is 5.69 Å². The lowest BCUT2D eigenvalue weighted by molar-refractivity contribution is -0.132. The molecule has 1 fully saturated rings. The number of carbonyl (C=O) groups excluding carboxylic acids is 1. The van der Waals surface area contributed by atoms with Crippen molar-refractivity contribution in [2.24, 2.45) is 11.8 Å². The van der Waals surface area contributed by atoms with Gasteiger partial charge in [-0.2, -0.15) is 0 Å². The van der Waals surface area contributed by atoms with E-state index in [1.807, 2.05) is 29.2 Å². The van der Waals surface area contributed by atoms with Gasteiger partial charge >= 0.3 is 0 Å². The Balaban J connectivity index is 1.90. The number of carbonyl (C=O) groups is 1. The van der Waals surface area contributed by atoms with Crippen molar-refractivity contribution in [1.29, 1.82) is 0 Å². The fourth-order valence-corrected chi connectivity index (χ4v) is 2.79. The van der Waals surface area contributed by atoms with Gasteiger partial charge in [0.25, 0.3) is 0 Å². The maximum atomic E-state index is 12.3. The van der Waals surface area contributed by atoms with Crippen LogP contribution in [0.1, 0.15) is 32.3 Å². The molecule has 0 spiro atoms. The minimum absolute atomic E-state index is 0.208. The van der Waals surface area contributed by atoms with Gasteiger partial charge in [0.2, 0.25) is 5.91 Å². The van der Waals surface area contributed by atoms with Crippen molar-refractivity contribution in [2.45, 2.75) is 33.1 Å². The average molecular weight is 260 g/mol. The summed E-state index contributed by atoms with van der Waals surface area (Å²) in [7, 11) is 0. The maximum absolute atomic E-state index is 12.3. The summed E-state index contributed by atoms with van der Waals surface area (Å²) in [5, 5.41) is 0. The molecule has 0 atom stereocenters. The lowest BCUT2D eigenvalue weighted by Crippen LogP contribution is -2.40. The number of hydrogen-bond donors (Lipinski definition) is 1. The number of hydrogen-bond acceptors (Lipinski definition) is 2. The summed E-state index contributed by atoms with van der Waals surface area (Å²) in [6, 6.07) is 7.63. The molecule has 1 aliphatic heterocycles. The molecule has 1 aromatic rings. The molecule has 0 saturated carbocycles. The molecule has 0 unspecified atom stereocenters. The van der Waals surface area contributed by atoms with Crippen LogP contribution in [0.5, 0.6) is 0 Å². The second kappa shape index (κ2) is 6.09. The number of benzene rings is 1. The second-order valence-electron chi connectivity index (χ2n) is 5.84. The van der Waals surface area contributed by atoms with Crippen LogP contribution in [-0.4, -0.2) is 23.9 Å². The first-order chi connectivity index (χ1) is 9.08. The molecule has 0 aliphatic carbocycles. The van der Waals surface area contributed by atoms with Crippen LogP contribution >= 0.6 is 0 Å². The quantitative estimate of drug-likeness (QED) is 0.849. The Labute approximate surface area is 115 Å². The van der Waals surface area contributed by atoms with Crippen molar-refractivity contribution >= 4 is 11.6 Å². The van der Waals surface area contributed by atoms with Gasteiger partial charge in [0.05, 0.1) is 6.42 Å². The van der Waals surface area contributed by atoms with E-state index >= 15 is 0 Å². The van der Waals surface area contributed by atoms with Crippen molar-refractivity contribution < 1.29 is 4.79 Å². The highest BCUT2D eigenvalue weighted by Gasteiger charge is 2.24. The monoisotopic (exact) mass is 260 g/mol. The molecule has 1 saturated heterocycles. The molecule has 1 heterocycles. The maximum Gasteiger partial charge on any atom is 0.227 e. The van der Waals surface area contributed by atoms with Crippen molar-refractivity contribution in [3.8, 4) is 0 Å². The predicted molar refractivity (Wildman–Crippen MR) is 78.7 cm³/mol. The first-order valence-corrected chi connectivity index (χ1v) is 7.19. The van der Waals surface area contributed by atoms with E-state index in [2.05, 4.69) is 13.8 Å². The fraction of sp³-hybridized carbons (Fsp3) is 0.562.